The number of likely N-dealkylation sites (tertiary alicyclic amines) is 1. The van der Waals surface area contributed by atoms with Gasteiger partial charge < -0.3 is 0 Å². The van der Waals surface area contributed by atoms with Crippen LogP contribution in [0.15, 0.2) is 37.1 Å². The van der Waals surface area contributed by atoms with E-state index < -0.39 is 0 Å². The van der Waals surface area contributed by atoms with Gasteiger partial charge in [-0.3, -0.25) is 14.6 Å². The molecular weight excluding hydrogens is 262 g/mol. The topological polar surface area (TPSA) is 46.8 Å². The van der Waals surface area contributed by atoms with Crippen molar-refractivity contribution < 1.29 is 0 Å². The molecule has 1 atom stereocenters. The zero-order chi connectivity index (χ0) is 14.3. The van der Waals surface area contributed by atoms with E-state index in [0.717, 1.165) is 19.5 Å². The van der Waals surface area contributed by atoms with E-state index in [9.17, 15) is 0 Å². The van der Waals surface area contributed by atoms with Crippen LogP contribution < -0.4 is 0 Å². The highest BCUT2D eigenvalue weighted by Crippen LogP contribution is 2.20. The molecule has 0 spiro atoms. The Morgan fingerprint density at radius 3 is 3.00 bits per heavy atom. The summed E-state index contributed by atoms with van der Waals surface area (Å²) in [7, 11) is 0. The van der Waals surface area contributed by atoms with Crippen molar-refractivity contribution in [3.8, 4) is 0 Å². The van der Waals surface area contributed by atoms with E-state index in [4.69, 9.17) is 0 Å². The smallest absolute Gasteiger partial charge is 0.137 e. The van der Waals surface area contributed by atoms with Gasteiger partial charge in [-0.15, -0.1) is 0 Å². The van der Waals surface area contributed by atoms with Gasteiger partial charge in [-0.2, -0.15) is 5.10 Å². The van der Waals surface area contributed by atoms with E-state index >= 15 is 0 Å². The van der Waals surface area contributed by atoms with Crippen molar-refractivity contribution in [3.05, 3.63) is 42.7 Å². The highest BCUT2D eigenvalue weighted by molar-refractivity contribution is 5.03. The van der Waals surface area contributed by atoms with Gasteiger partial charge in [0.25, 0.3) is 0 Å². The maximum atomic E-state index is 4.43. The number of aryl methyl sites for hydroxylation is 1. The van der Waals surface area contributed by atoms with Gasteiger partial charge in [-0.25, -0.2) is 4.98 Å². The summed E-state index contributed by atoms with van der Waals surface area (Å²) in [6.07, 6.45) is 11.5. The van der Waals surface area contributed by atoms with E-state index in [1.54, 1.807) is 12.7 Å². The van der Waals surface area contributed by atoms with Crippen molar-refractivity contribution >= 4 is 0 Å². The molecular formula is C16H23N5. The third-order valence-corrected chi connectivity index (χ3v) is 4.29. The second-order valence-corrected chi connectivity index (χ2v) is 5.70. The first-order chi connectivity index (χ1) is 10.4. The van der Waals surface area contributed by atoms with E-state index in [-0.39, 0.29) is 0 Å². The first-order valence-corrected chi connectivity index (χ1v) is 7.88. The van der Waals surface area contributed by atoms with Crippen molar-refractivity contribution in [2.24, 2.45) is 0 Å². The summed E-state index contributed by atoms with van der Waals surface area (Å²) in [5.41, 5.74) is 1.21. The summed E-state index contributed by atoms with van der Waals surface area (Å²) in [4.78, 5) is 11.1. The number of aromatic nitrogens is 4. The minimum absolute atomic E-state index is 0.685. The van der Waals surface area contributed by atoms with Gasteiger partial charge in [0.15, 0.2) is 0 Å². The molecule has 0 N–H and O–H groups in total. The Balaban J connectivity index is 1.51. The van der Waals surface area contributed by atoms with Gasteiger partial charge in [0, 0.05) is 24.5 Å². The Morgan fingerprint density at radius 1 is 1.19 bits per heavy atom. The van der Waals surface area contributed by atoms with Gasteiger partial charge in [0.1, 0.15) is 12.7 Å². The molecule has 2 aromatic rings. The molecule has 2 aromatic heterocycles. The summed E-state index contributed by atoms with van der Waals surface area (Å²) in [6.45, 7) is 3.21. The number of hydrogen-bond acceptors (Lipinski definition) is 4. The molecule has 1 fully saturated rings. The van der Waals surface area contributed by atoms with Gasteiger partial charge in [0.2, 0.25) is 0 Å². The summed E-state index contributed by atoms with van der Waals surface area (Å²) < 4.78 is 1.92. The van der Waals surface area contributed by atoms with Gasteiger partial charge in [-0.1, -0.05) is 12.5 Å². The maximum Gasteiger partial charge on any atom is 0.137 e. The van der Waals surface area contributed by atoms with E-state index in [1.807, 2.05) is 16.9 Å². The lowest BCUT2D eigenvalue weighted by atomic mass is 9.97. The Hall–Kier alpha value is -1.75. The number of rotatable bonds is 6. The second-order valence-electron chi connectivity index (χ2n) is 5.70. The summed E-state index contributed by atoms with van der Waals surface area (Å²) in [5, 5.41) is 4.19. The van der Waals surface area contributed by atoms with Crippen LogP contribution >= 0.6 is 0 Å². The molecule has 0 saturated carbocycles. The van der Waals surface area contributed by atoms with Crippen molar-refractivity contribution in [2.75, 3.05) is 13.1 Å². The zero-order valence-electron chi connectivity index (χ0n) is 12.4. The van der Waals surface area contributed by atoms with Crippen LogP contribution in [0.25, 0.3) is 0 Å². The SMILES string of the molecule is c1ccc(CC[C@@H]2CCCCN2CCn2cncn2)nc1. The molecule has 0 amide bonds. The largest absolute Gasteiger partial charge is 0.299 e. The molecule has 1 aliphatic heterocycles. The summed E-state index contributed by atoms with van der Waals surface area (Å²) in [5.74, 6) is 0. The molecule has 5 nitrogen and oxygen atoms in total. The van der Waals surface area contributed by atoms with Crippen molar-refractivity contribution in [3.63, 3.8) is 0 Å². The van der Waals surface area contributed by atoms with Crippen LogP contribution in [-0.2, 0) is 13.0 Å². The quantitative estimate of drug-likeness (QED) is 0.816. The molecule has 112 valence electrons. The summed E-state index contributed by atoms with van der Waals surface area (Å²) in [6, 6.07) is 6.87. The molecule has 0 aromatic carbocycles. The van der Waals surface area contributed by atoms with E-state index in [0.29, 0.717) is 6.04 Å². The standard InChI is InChI=1S/C16H23N5/c1-3-9-18-15(5-1)7-8-16-6-2-4-10-20(16)11-12-21-14-17-13-19-21/h1,3,5,9,13-14,16H,2,4,6-8,10-12H2/t16-/m0/s1. The Bertz CT molecular complexity index is 511. The van der Waals surface area contributed by atoms with Crippen LogP contribution in [-0.4, -0.2) is 43.8 Å². The lowest BCUT2D eigenvalue weighted by molar-refractivity contribution is 0.133. The monoisotopic (exact) mass is 285 g/mol. The third kappa shape index (κ3) is 4.11. The first kappa shape index (κ1) is 14.2. The molecule has 1 saturated heterocycles. The predicted octanol–water partition coefficient (Wildman–Crippen LogP) is 2.16. The fourth-order valence-electron chi connectivity index (χ4n) is 3.12. The molecule has 5 heteroatoms. The lowest BCUT2D eigenvalue weighted by Gasteiger charge is -2.35. The van der Waals surface area contributed by atoms with Crippen LogP contribution in [0.1, 0.15) is 31.4 Å². The second kappa shape index (κ2) is 7.31. The van der Waals surface area contributed by atoms with Crippen LogP contribution in [0.5, 0.6) is 0 Å². The Kier molecular flexibility index (Phi) is 4.94. The van der Waals surface area contributed by atoms with Crippen LogP contribution in [0.2, 0.25) is 0 Å². The average molecular weight is 285 g/mol. The molecule has 0 bridgehead atoms. The van der Waals surface area contributed by atoms with Crippen molar-refractivity contribution in [2.45, 2.75) is 44.7 Å². The summed E-state index contributed by atoms with van der Waals surface area (Å²) >= 11 is 0. The van der Waals surface area contributed by atoms with Crippen LogP contribution in [0, 0.1) is 0 Å². The first-order valence-electron chi connectivity index (χ1n) is 7.88. The van der Waals surface area contributed by atoms with Gasteiger partial charge >= 0.3 is 0 Å². The Morgan fingerprint density at radius 2 is 2.19 bits per heavy atom. The number of pyridine rings is 1. The highest BCUT2D eigenvalue weighted by atomic mass is 15.3. The van der Waals surface area contributed by atoms with Crippen LogP contribution in [0.3, 0.4) is 0 Å². The number of hydrogen-bond donors (Lipinski definition) is 0. The molecule has 0 radical (unpaired) electrons. The predicted molar refractivity (Wildman–Crippen MR) is 81.8 cm³/mol. The minimum Gasteiger partial charge on any atom is -0.299 e. The van der Waals surface area contributed by atoms with Gasteiger partial charge in [-0.05, 0) is 44.4 Å². The normalized spacial score (nSPS) is 19.7. The fraction of sp³-hybridized carbons (Fsp3) is 0.562. The molecule has 3 rings (SSSR count). The van der Waals surface area contributed by atoms with Crippen molar-refractivity contribution in [1.29, 1.82) is 0 Å². The van der Waals surface area contributed by atoms with E-state index in [1.165, 1.54) is 37.9 Å². The third-order valence-electron chi connectivity index (χ3n) is 4.29. The zero-order valence-corrected chi connectivity index (χ0v) is 12.4. The minimum atomic E-state index is 0.685. The maximum absolute atomic E-state index is 4.43. The molecule has 21 heavy (non-hydrogen) atoms. The van der Waals surface area contributed by atoms with E-state index in [2.05, 4.69) is 32.1 Å². The lowest BCUT2D eigenvalue weighted by Crippen LogP contribution is -2.41. The highest BCUT2D eigenvalue weighted by Gasteiger charge is 2.21. The molecule has 0 unspecified atom stereocenters. The number of nitrogens with zero attached hydrogens (tertiary/aromatic N) is 5. The van der Waals surface area contributed by atoms with Crippen molar-refractivity contribution in [1.82, 2.24) is 24.6 Å². The van der Waals surface area contributed by atoms with Gasteiger partial charge in [0.05, 0.1) is 6.54 Å². The molecule has 1 aliphatic rings. The average Bonchev–Trinajstić information content (AvgIpc) is 3.06. The Labute approximate surface area is 126 Å². The van der Waals surface area contributed by atoms with Crippen LogP contribution in [0.4, 0.5) is 0 Å². The number of piperidine rings is 1. The fourth-order valence-corrected chi connectivity index (χ4v) is 3.12. The molecule has 3 heterocycles. The molecule has 0 aliphatic carbocycles.